The van der Waals surface area contributed by atoms with Gasteiger partial charge in [0.2, 0.25) is 0 Å². The molecule has 2 unspecified atom stereocenters. The van der Waals surface area contributed by atoms with Gasteiger partial charge in [0.05, 0.1) is 12.7 Å². The van der Waals surface area contributed by atoms with Gasteiger partial charge in [0.15, 0.2) is 0 Å². The predicted molar refractivity (Wildman–Crippen MR) is 91.8 cm³/mol. The van der Waals surface area contributed by atoms with Crippen molar-refractivity contribution < 1.29 is 56.3 Å². The molecule has 1 aliphatic rings. The highest BCUT2D eigenvalue weighted by Gasteiger charge is 2.45. The molecular formula is C10H18N3O13P3. The Labute approximate surface area is 162 Å². The van der Waals surface area contributed by atoms with Crippen LogP contribution in [-0.4, -0.2) is 53.0 Å². The lowest BCUT2D eigenvalue weighted by atomic mass is 10.0. The van der Waals surface area contributed by atoms with Crippen LogP contribution in [0.25, 0.3) is 0 Å². The molecule has 1 aromatic heterocycles. The SMILES string of the molecule is C[C@H]1[C@H](O)[C@@H](COP(=O)(O)OP(=O)(O)OP(=O)(O)O)O[C@H]1n1ccc(N)nc1=O. The van der Waals surface area contributed by atoms with Gasteiger partial charge in [-0.3, -0.25) is 9.09 Å². The van der Waals surface area contributed by atoms with Crippen LogP contribution in [0.3, 0.4) is 0 Å². The Bertz CT molecular complexity index is 946. The number of anilines is 1. The molecule has 0 spiro atoms. The van der Waals surface area contributed by atoms with Crippen molar-refractivity contribution in [2.75, 3.05) is 12.3 Å². The first kappa shape index (κ1) is 24.3. The molecule has 1 aliphatic heterocycles. The van der Waals surface area contributed by atoms with Crippen LogP contribution in [0.4, 0.5) is 5.82 Å². The molecule has 19 heteroatoms. The number of rotatable bonds is 8. The first-order valence-corrected chi connectivity index (χ1v) is 12.1. The van der Waals surface area contributed by atoms with Crippen LogP contribution < -0.4 is 11.4 Å². The third kappa shape index (κ3) is 6.76. The maximum absolute atomic E-state index is 11.9. The molecule has 0 radical (unpaired) electrons. The minimum atomic E-state index is -5.67. The van der Waals surface area contributed by atoms with Crippen molar-refractivity contribution in [2.24, 2.45) is 5.92 Å². The number of phosphoric acid groups is 3. The zero-order valence-electron chi connectivity index (χ0n) is 14.5. The number of nitrogen functional groups attached to an aromatic ring is 1. The van der Waals surface area contributed by atoms with Gasteiger partial charge in [-0.05, 0) is 6.07 Å². The number of hydrogen-bond acceptors (Lipinski definition) is 11. The van der Waals surface area contributed by atoms with Crippen molar-refractivity contribution in [2.45, 2.75) is 25.4 Å². The summed E-state index contributed by atoms with van der Waals surface area (Å²) in [5.41, 5.74) is 4.61. The molecule has 1 aromatic rings. The van der Waals surface area contributed by atoms with Crippen LogP contribution in [0.2, 0.25) is 0 Å². The van der Waals surface area contributed by atoms with Gasteiger partial charge in [-0.1, -0.05) is 6.92 Å². The molecule has 0 saturated carbocycles. The number of hydrogen-bond donors (Lipinski definition) is 6. The second-order valence-corrected chi connectivity index (χ2v) is 10.3. The highest BCUT2D eigenvalue weighted by molar-refractivity contribution is 7.66. The molecule has 16 nitrogen and oxygen atoms in total. The van der Waals surface area contributed by atoms with Gasteiger partial charge in [0.25, 0.3) is 0 Å². The number of nitrogens with zero attached hydrogens (tertiary/aromatic N) is 2. The zero-order chi connectivity index (χ0) is 22.2. The Hall–Kier alpha value is -0.990. The van der Waals surface area contributed by atoms with Gasteiger partial charge < -0.3 is 35.2 Å². The summed E-state index contributed by atoms with van der Waals surface area (Å²) in [5.74, 6) is -0.755. The standard InChI is InChI=1S/C10H18N3O13P3/c1-5-8(14)6(24-9(5)13-3-2-7(11)12-10(13)15)4-23-28(19,20)26-29(21,22)25-27(16,17)18/h2-3,5-6,8-9,14H,4H2,1H3,(H,19,20)(H,21,22)(H2,11,12,15)(H2,16,17,18)/t5-,6+,8-,9+/m0/s1. The predicted octanol–water partition coefficient (Wildman–Crippen LogP) is -0.937. The first-order chi connectivity index (χ1) is 13.1. The summed E-state index contributed by atoms with van der Waals surface area (Å²) in [6.45, 7) is 0.645. The Morgan fingerprint density at radius 2 is 1.83 bits per heavy atom. The second-order valence-electron chi connectivity index (χ2n) is 5.84. The fourth-order valence-corrected chi connectivity index (χ4v) is 5.47. The number of aliphatic hydroxyl groups is 1. The maximum atomic E-state index is 11.9. The summed E-state index contributed by atoms with van der Waals surface area (Å²) in [6.07, 6.45) is -2.37. The molecule has 0 amide bonds. The molecule has 2 heterocycles. The highest BCUT2D eigenvalue weighted by Crippen LogP contribution is 2.66. The largest absolute Gasteiger partial charge is 0.490 e. The van der Waals surface area contributed by atoms with Crippen LogP contribution >= 0.6 is 23.5 Å². The molecule has 1 saturated heterocycles. The Kier molecular flexibility index (Phi) is 7.23. The van der Waals surface area contributed by atoms with E-state index in [4.69, 9.17) is 25.2 Å². The fourth-order valence-electron chi connectivity index (χ4n) is 2.44. The second kappa shape index (κ2) is 8.63. The van der Waals surface area contributed by atoms with E-state index < -0.39 is 60.1 Å². The van der Waals surface area contributed by atoms with E-state index in [2.05, 4.69) is 18.1 Å². The molecule has 0 aliphatic carbocycles. The average molecular weight is 481 g/mol. The van der Waals surface area contributed by atoms with Crippen molar-refractivity contribution in [3.05, 3.63) is 22.7 Å². The van der Waals surface area contributed by atoms with Crippen molar-refractivity contribution >= 4 is 29.3 Å². The lowest BCUT2D eigenvalue weighted by Crippen LogP contribution is -2.31. The van der Waals surface area contributed by atoms with E-state index in [0.717, 1.165) is 4.57 Å². The molecule has 0 bridgehead atoms. The van der Waals surface area contributed by atoms with Gasteiger partial charge in [-0.25, -0.2) is 18.5 Å². The number of aromatic nitrogens is 2. The minimum Gasteiger partial charge on any atom is -0.390 e. The average Bonchev–Trinajstić information content (AvgIpc) is 2.78. The molecule has 0 aromatic carbocycles. The maximum Gasteiger partial charge on any atom is 0.490 e. The highest BCUT2D eigenvalue weighted by atomic mass is 31.3. The van der Waals surface area contributed by atoms with Gasteiger partial charge in [-0.2, -0.15) is 13.6 Å². The lowest BCUT2D eigenvalue weighted by Gasteiger charge is -2.19. The Balaban J connectivity index is 2.05. The topological polar surface area (TPSA) is 250 Å². The third-order valence-corrected chi connectivity index (χ3v) is 7.43. The van der Waals surface area contributed by atoms with Crippen LogP contribution in [0, 0.1) is 5.92 Å². The fraction of sp³-hybridized carbons (Fsp3) is 0.600. The van der Waals surface area contributed by atoms with E-state index in [1.165, 1.54) is 19.2 Å². The van der Waals surface area contributed by atoms with E-state index in [1.807, 2.05) is 0 Å². The van der Waals surface area contributed by atoms with Gasteiger partial charge in [-0.15, -0.1) is 0 Å². The lowest BCUT2D eigenvalue weighted by molar-refractivity contribution is -0.0467. The summed E-state index contributed by atoms with van der Waals surface area (Å²) in [6, 6.07) is 1.31. The third-order valence-electron chi connectivity index (χ3n) is 3.63. The summed E-state index contributed by atoms with van der Waals surface area (Å²) in [4.78, 5) is 50.9. The first-order valence-electron chi connectivity index (χ1n) is 7.57. The van der Waals surface area contributed by atoms with Gasteiger partial charge in [0, 0.05) is 12.1 Å². The smallest absolute Gasteiger partial charge is 0.390 e. The molecule has 166 valence electrons. The number of nitrogens with two attached hydrogens (primary N) is 1. The Morgan fingerprint density at radius 1 is 1.21 bits per heavy atom. The van der Waals surface area contributed by atoms with Crippen molar-refractivity contribution in [1.29, 1.82) is 0 Å². The normalized spacial score (nSPS) is 29.3. The zero-order valence-corrected chi connectivity index (χ0v) is 17.2. The van der Waals surface area contributed by atoms with Gasteiger partial charge >= 0.3 is 29.2 Å². The quantitative estimate of drug-likeness (QED) is 0.245. The number of ether oxygens (including phenoxy) is 1. The van der Waals surface area contributed by atoms with Crippen molar-refractivity contribution in [3.8, 4) is 0 Å². The van der Waals surface area contributed by atoms with E-state index >= 15 is 0 Å². The Morgan fingerprint density at radius 3 is 2.38 bits per heavy atom. The van der Waals surface area contributed by atoms with Crippen molar-refractivity contribution in [3.63, 3.8) is 0 Å². The van der Waals surface area contributed by atoms with Crippen LogP contribution in [-0.2, 0) is 31.6 Å². The van der Waals surface area contributed by atoms with E-state index in [0.29, 0.717) is 0 Å². The van der Waals surface area contributed by atoms with Gasteiger partial charge in [0.1, 0.15) is 18.1 Å². The van der Waals surface area contributed by atoms with Crippen LogP contribution in [0.1, 0.15) is 13.2 Å². The van der Waals surface area contributed by atoms with E-state index in [9.17, 15) is 28.5 Å². The number of aliphatic hydroxyl groups excluding tert-OH is 1. The molecule has 7 N–H and O–H groups in total. The molecule has 29 heavy (non-hydrogen) atoms. The van der Waals surface area contributed by atoms with E-state index in [1.54, 1.807) is 0 Å². The molecule has 2 rings (SSSR count). The summed E-state index contributed by atoms with van der Waals surface area (Å²) in [5, 5.41) is 10.2. The molecule has 6 atom stereocenters. The minimum absolute atomic E-state index is 0.0401. The van der Waals surface area contributed by atoms with E-state index in [-0.39, 0.29) is 5.82 Å². The summed E-state index contributed by atoms with van der Waals surface area (Å²) < 4.78 is 51.6. The molecule has 1 fully saturated rings. The monoisotopic (exact) mass is 481 g/mol. The van der Waals surface area contributed by atoms with Crippen LogP contribution in [0.5, 0.6) is 0 Å². The molecular weight excluding hydrogens is 463 g/mol. The van der Waals surface area contributed by atoms with Crippen LogP contribution in [0.15, 0.2) is 17.1 Å². The summed E-state index contributed by atoms with van der Waals surface area (Å²) >= 11 is 0. The number of phosphoric ester groups is 1. The summed E-state index contributed by atoms with van der Waals surface area (Å²) in [7, 11) is -16.6. The van der Waals surface area contributed by atoms with Crippen molar-refractivity contribution in [1.82, 2.24) is 9.55 Å².